The fourth-order valence-electron chi connectivity index (χ4n) is 2.82. The number of thioether (sulfide) groups is 1. The SMILES string of the molecule is CCCCNC(=O)[C@@H](C)N(Cc1ccc(Cl)cc1)C(=O)CSCc1ccccc1. The number of carbonyl (C=O) groups excluding carboxylic acids is 2. The summed E-state index contributed by atoms with van der Waals surface area (Å²) in [7, 11) is 0. The van der Waals surface area contributed by atoms with Gasteiger partial charge in [-0.3, -0.25) is 9.59 Å². The first-order valence-corrected chi connectivity index (χ1v) is 11.5. The summed E-state index contributed by atoms with van der Waals surface area (Å²) >= 11 is 7.54. The highest BCUT2D eigenvalue weighted by Gasteiger charge is 2.25. The molecule has 0 radical (unpaired) electrons. The summed E-state index contributed by atoms with van der Waals surface area (Å²) in [6.45, 7) is 4.88. The summed E-state index contributed by atoms with van der Waals surface area (Å²) in [5.41, 5.74) is 2.13. The van der Waals surface area contributed by atoms with Crippen LogP contribution >= 0.6 is 23.4 Å². The van der Waals surface area contributed by atoms with Gasteiger partial charge in [0.25, 0.3) is 0 Å². The Morgan fingerprint density at radius 2 is 1.76 bits per heavy atom. The fourth-order valence-corrected chi connectivity index (χ4v) is 3.82. The number of halogens is 1. The first kappa shape index (κ1) is 23.3. The van der Waals surface area contributed by atoms with E-state index in [9.17, 15) is 9.59 Å². The lowest BCUT2D eigenvalue weighted by Crippen LogP contribution is -2.48. The number of nitrogens with zero attached hydrogens (tertiary/aromatic N) is 1. The van der Waals surface area contributed by atoms with Crippen LogP contribution in [0.5, 0.6) is 0 Å². The molecule has 0 fully saturated rings. The van der Waals surface area contributed by atoms with Gasteiger partial charge in [0.15, 0.2) is 0 Å². The predicted molar refractivity (Wildman–Crippen MR) is 122 cm³/mol. The van der Waals surface area contributed by atoms with Crippen molar-refractivity contribution >= 4 is 35.2 Å². The van der Waals surface area contributed by atoms with Crippen molar-refractivity contribution in [2.24, 2.45) is 0 Å². The second-order valence-corrected chi connectivity index (χ2v) is 8.37. The van der Waals surface area contributed by atoms with Crippen molar-refractivity contribution in [3.05, 3.63) is 70.7 Å². The van der Waals surface area contributed by atoms with Crippen LogP contribution in [0.25, 0.3) is 0 Å². The monoisotopic (exact) mass is 432 g/mol. The van der Waals surface area contributed by atoms with E-state index in [-0.39, 0.29) is 11.8 Å². The standard InChI is InChI=1S/C23H29ClN2O2S/c1-3-4-14-25-23(28)18(2)26(15-19-10-12-21(24)13-11-19)22(27)17-29-16-20-8-6-5-7-9-20/h5-13,18H,3-4,14-17H2,1-2H3,(H,25,28)/t18-/m1/s1. The van der Waals surface area contributed by atoms with Crippen LogP contribution in [0.1, 0.15) is 37.8 Å². The number of carbonyl (C=O) groups is 2. The Kier molecular flexibility index (Phi) is 10.1. The van der Waals surface area contributed by atoms with Gasteiger partial charge in [-0.1, -0.05) is 67.4 Å². The summed E-state index contributed by atoms with van der Waals surface area (Å²) in [6.07, 6.45) is 1.94. The van der Waals surface area contributed by atoms with E-state index in [1.165, 1.54) is 5.56 Å². The first-order chi connectivity index (χ1) is 14.0. The zero-order valence-electron chi connectivity index (χ0n) is 17.1. The normalized spacial score (nSPS) is 11.7. The van der Waals surface area contributed by atoms with Gasteiger partial charge in [0.05, 0.1) is 5.75 Å². The van der Waals surface area contributed by atoms with E-state index in [0.717, 1.165) is 24.2 Å². The van der Waals surface area contributed by atoms with Crippen LogP contribution in [-0.2, 0) is 21.9 Å². The highest BCUT2D eigenvalue weighted by molar-refractivity contribution is 7.99. The third kappa shape index (κ3) is 8.11. The Hall–Kier alpha value is -1.98. The molecule has 156 valence electrons. The van der Waals surface area contributed by atoms with Crippen LogP contribution in [0, 0.1) is 0 Å². The molecule has 4 nitrogen and oxygen atoms in total. The molecule has 0 spiro atoms. The molecule has 0 saturated heterocycles. The van der Waals surface area contributed by atoms with Crippen LogP contribution in [-0.4, -0.2) is 35.1 Å². The first-order valence-electron chi connectivity index (χ1n) is 9.94. The van der Waals surface area contributed by atoms with Crippen molar-refractivity contribution in [2.45, 2.75) is 45.0 Å². The van der Waals surface area contributed by atoms with E-state index >= 15 is 0 Å². The highest BCUT2D eigenvalue weighted by Crippen LogP contribution is 2.17. The maximum atomic E-state index is 13.0. The summed E-state index contributed by atoms with van der Waals surface area (Å²) < 4.78 is 0. The second kappa shape index (κ2) is 12.6. The molecule has 0 unspecified atom stereocenters. The average Bonchev–Trinajstić information content (AvgIpc) is 2.73. The molecule has 1 atom stereocenters. The molecule has 0 aromatic heterocycles. The number of unbranched alkanes of at least 4 members (excludes halogenated alkanes) is 1. The van der Waals surface area contributed by atoms with Gasteiger partial charge in [0.1, 0.15) is 6.04 Å². The zero-order chi connectivity index (χ0) is 21.1. The Labute approximate surface area is 183 Å². The van der Waals surface area contributed by atoms with E-state index in [4.69, 9.17) is 11.6 Å². The van der Waals surface area contributed by atoms with Crippen LogP contribution in [0.3, 0.4) is 0 Å². The lowest BCUT2D eigenvalue weighted by atomic mass is 10.1. The van der Waals surface area contributed by atoms with Crippen molar-refractivity contribution in [2.75, 3.05) is 12.3 Å². The maximum Gasteiger partial charge on any atom is 0.242 e. The molecular formula is C23H29ClN2O2S. The minimum atomic E-state index is -0.535. The zero-order valence-corrected chi connectivity index (χ0v) is 18.6. The molecule has 0 bridgehead atoms. The molecule has 0 aliphatic rings. The number of hydrogen-bond donors (Lipinski definition) is 1. The second-order valence-electron chi connectivity index (χ2n) is 6.95. The topological polar surface area (TPSA) is 49.4 Å². The summed E-state index contributed by atoms with van der Waals surface area (Å²) in [5, 5.41) is 3.58. The van der Waals surface area contributed by atoms with Crippen LogP contribution in [0.2, 0.25) is 5.02 Å². The molecule has 2 aromatic carbocycles. The molecule has 0 aliphatic heterocycles. The lowest BCUT2D eigenvalue weighted by molar-refractivity contribution is -0.138. The Morgan fingerprint density at radius 3 is 2.41 bits per heavy atom. The third-order valence-corrected chi connectivity index (χ3v) is 5.84. The molecule has 1 N–H and O–H groups in total. The fraction of sp³-hybridized carbons (Fsp3) is 0.391. The maximum absolute atomic E-state index is 13.0. The van der Waals surface area contributed by atoms with Crippen molar-refractivity contribution in [3.8, 4) is 0 Å². The van der Waals surface area contributed by atoms with Crippen molar-refractivity contribution in [3.63, 3.8) is 0 Å². The van der Waals surface area contributed by atoms with Crippen molar-refractivity contribution < 1.29 is 9.59 Å². The number of nitrogens with one attached hydrogen (secondary N) is 1. The molecule has 0 saturated carbocycles. The largest absolute Gasteiger partial charge is 0.354 e. The quantitative estimate of drug-likeness (QED) is 0.513. The van der Waals surface area contributed by atoms with Crippen LogP contribution in [0.4, 0.5) is 0 Å². The van der Waals surface area contributed by atoms with Gasteiger partial charge in [-0.25, -0.2) is 0 Å². The molecule has 0 heterocycles. The minimum Gasteiger partial charge on any atom is -0.354 e. The van der Waals surface area contributed by atoms with Crippen molar-refractivity contribution in [1.29, 1.82) is 0 Å². The molecule has 2 rings (SSSR count). The lowest BCUT2D eigenvalue weighted by Gasteiger charge is -2.29. The number of hydrogen-bond acceptors (Lipinski definition) is 3. The molecule has 29 heavy (non-hydrogen) atoms. The number of benzene rings is 2. The molecule has 2 amide bonds. The van der Waals surface area contributed by atoms with Crippen LogP contribution < -0.4 is 5.32 Å². The van der Waals surface area contributed by atoms with E-state index in [0.29, 0.717) is 23.9 Å². The molecular weight excluding hydrogens is 404 g/mol. The molecule has 2 aromatic rings. The van der Waals surface area contributed by atoms with E-state index in [1.54, 1.807) is 35.7 Å². The third-order valence-electron chi connectivity index (χ3n) is 4.60. The number of rotatable bonds is 11. The van der Waals surface area contributed by atoms with Gasteiger partial charge in [-0.05, 0) is 36.6 Å². The smallest absolute Gasteiger partial charge is 0.242 e. The van der Waals surface area contributed by atoms with Gasteiger partial charge in [-0.2, -0.15) is 0 Å². The van der Waals surface area contributed by atoms with Gasteiger partial charge >= 0.3 is 0 Å². The van der Waals surface area contributed by atoms with Crippen molar-refractivity contribution in [1.82, 2.24) is 10.2 Å². The number of amides is 2. The van der Waals surface area contributed by atoms with Crippen LogP contribution in [0.15, 0.2) is 54.6 Å². The van der Waals surface area contributed by atoms with E-state index in [1.807, 2.05) is 42.5 Å². The Morgan fingerprint density at radius 1 is 1.07 bits per heavy atom. The summed E-state index contributed by atoms with van der Waals surface area (Å²) in [5.74, 6) is 0.931. The molecule has 0 aliphatic carbocycles. The van der Waals surface area contributed by atoms with Gasteiger partial charge in [0, 0.05) is 23.9 Å². The van der Waals surface area contributed by atoms with E-state index in [2.05, 4.69) is 12.2 Å². The average molecular weight is 433 g/mol. The highest BCUT2D eigenvalue weighted by atomic mass is 35.5. The van der Waals surface area contributed by atoms with Gasteiger partial charge in [0.2, 0.25) is 11.8 Å². The molecule has 6 heteroatoms. The predicted octanol–water partition coefficient (Wildman–Crippen LogP) is 4.91. The van der Waals surface area contributed by atoms with E-state index < -0.39 is 6.04 Å². The summed E-state index contributed by atoms with van der Waals surface area (Å²) in [4.78, 5) is 27.2. The van der Waals surface area contributed by atoms with Gasteiger partial charge < -0.3 is 10.2 Å². The minimum absolute atomic E-state index is 0.0426. The summed E-state index contributed by atoms with van der Waals surface area (Å²) in [6, 6.07) is 16.9. The van der Waals surface area contributed by atoms with Gasteiger partial charge in [-0.15, -0.1) is 11.8 Å². The Balaban J connectivity index is 2.02. The Bertz CT molecular complexity index is 768.